The number of nitrogens with zero attached hydrogens (tertiary/aromatic N) is 1. The Morgan fingerprint density at radius 3 is 2.57 bits per heavy atom. The van der Waals surface area contributed by atoms with Crippen LogP contribution in [0, 0.1) is 5.92 Å². The normalized spacial score (nSPS) is 16.3. The number of nitrogens with one attached hydrogen (secondary N) is 1. The third-order valence-electron chi connectivity index (χ3n) is 5.17. The van der Waals surface area contributed by atoms with Crippen LogP contribution in [0.4, 0.5) is 0 Å². The van der Waals surface area contributed by atoms with Crippen LogP contribution in [0.3, 0.4) is 0 Å². The van der Waals surface area contributed by atoms with Gasteiger partial charge in [0, 0.05) is 30.6 Å². The van der Waals surface area contributed by atoms with Crippen molar-refractivity contribution < 1.29 is 19.1 Å². The number of ether oxygens (including phenoxy) is 2. The summed E-state index contributed by atoms with van der Waals surface area (Å²) in [7, 11) is 1.58. The average Bonchev–Trinajstić information content (AvgIpc) is 2.77. The summed E-state index contributed by atoms with van der Waals surface area (Å²) in [6.45, 7) is 5.80. The molecule has 1 heterocycles. The summed E-state index contributed by atoms with van der Waals surface area (Å²) >= 11 is 0. The summed E-state index contributed by atoms with van der Waals surface area (Å²) in [4.78, 5) is 26.9. The molecule has 2 aromatic rings. The Morgan fingerprint density at radius 2 is 1.87 bits per heavy atom. The maximum absolute atomic E-state index is 12.9. The highest BCUT2D eigenvalue weighted by molar-refractivity contribution is 5.97. The molecule has 1 N–H and O–H groups in total. The molecule has 30 heavy (non-hydrogen) atoms. The number of benzene rings is 2. The summed E-state index contributed by atoms with van der Waals surface area (Å²) < 4.78 is 11.3. The third kappa shape index (κ3) is 5.53. The second-order valence-electron chi connectivity index (χ2n) is 7.92. The molecular weight excluding hydrogens is 380 g/mol. The van der Waals surface area contributed by atoms with Gasteiger partial charge >= 0.3 is 0 Å². The quantitative estimate of drug-likeness (QED) is 0.755. The average molecular weight is 411 g/mol. The maximum Gasteiger partial charge on any atom is 0.257 e. The predicted molar refractivity (Wildman–Crippen MR) is 116 cm³/mol. The second kappa shape index (κ2) is 10.1. The van der Waals surface area contributed by atoms with Crippen LogP contribution in [0.5, 0.6) is 11.5 Å². The molecule has 0 spiro atoms. The second-order valence-corrected chi connectivity index (χ2v) is 7.92. The number of hydrogen-bond acceptors (Lipinski definition) is 4. The number of para-hydroxylation sites is 1. The van der Waals surface area contributed by atoms with E-state index in [1.807, 2.05) is 49.1 Å². The van der Waals surface area contributed by atoms with E-state index in [2.05, 4.69) is 5.32 Å². The van der Waals surface area contributed by atoms with Crippen LogP contribution in [-0.4, -0.2) is 49.6 Å². The van der Waals surface area contributed by atoms with Gasteiger partial charge in [-0.3, -0.25) is 9.59 Å². The zero-order valence-electron chi connectivity index (χ0n) is 17.9. The van der Waals surface area contributed by atoms with Crippen LogP contribution in [0.15, 0.2) is 48.5 Å². The maximum atomic E-state index is 12.9. The molecule has 2 amide bonds. The lowest BCUT2D eigenvalue weighted by atomic mass is 9.98. The third-order valence-corrected chi connectivity index (χ3v) is 5.17. The Hall–Kier alpha value is -3.02. The van der Waals surface area contributed by atoms with Crippen molar-refractivity contribution in [1.82, 2.24) is 10.2 Å². The number of hydrogen-bond donors (Lipinski definition) is 1. The Balaban J connectivity index is 1.55. The lowest BCUT2D eigenvalue weighted by Gasteiger charge is -2.33. The van der Waals surface area contributed by atoms with Crippen LogP contribution >= 0.6 is 0 Å². The van der Waals surface area contributed by atoms with E-state index in [0.717, 1.165) is 25.1 Å². The number of amides is 2. The first-order valence-electron chi connectivity index (χ1n) is 10.4. The topological polar surface area (TPSA) is 67.9 Å². The van der Waals surface area contributed by atoms with Crippen molar-refractivity contribution in [3.05, 3.63) is 59.7 Å². The van der Waals surface area contributed by atoms with Crippen molar-refractivity contribution in [3.8, 4) is 11.5 Å². The molecule has 6 nitrogen and oxygen atoms in total. The van der Waals surface area contributed by atoms with Gasteiger partial charge in [-0.25, -0.2) is 0 Å². The van der Waals surface area contributed by atoms with Crippen molar-refractivity contribution in [2.24, 2.45) is 5.92 Å². The molecule has 3 rings (SSSR count). The molecule has 0 aliphatic carbocycles. The first-order chi connectivity index (χ1) is 14.5. The van der Waals surface area contributed by atoms with E-state index in [1.54, 1.807) is 25.3 Å². The fraction of sp³-hybridized carbons (Fsp3) is 0.417. The van der Waals surface area contributed by atoms with Crippen LogP contribution in [0.25, 0.3) is 0 Å². The number of carbonyl (C=O) groups is 2. The van der Waals surface area contributed by atoms with Gasteiger partial charge in [-0.2, -0.15) is 0 Å². The van der Waals surface area contributed by atoms with Gasteiger partial charge in [0.05, 0.1) is 19.3 Å². The van der Waals surface area contributed by atoms with Crippen LogP contribution in [0.2, 0.25) is 0 Å². The van der Waals surface area contributed by atoms with Crippen LogP contribution in [-0.2, 0) is 0 Å². The summed E-state index contributed by atoms with van der Waals surface area (Å²) in [5.74, 6) is 1.50. The SMILES string of the molecule is COc1ccccc1C(=O)N1CCCC(COc2ccc(C(=O)NC(C)C)cc2)C1. The highest BCUT2D eigenvalue weighted by Crippen LogP contribution is 2.24. The minimum absolute atomic E-state index is 0.00216. The number of piperidine rings is 1. The minimum atomic E-state index is -0.0886. The lowest BCUT2D eigenvalue weighted by molar-refractivity contribution is 0.0630. The van der Waals surface area contributed by atoms with Crippen molar-refractivity contribution in [2.75, 3.05) is 26.8 Å². The number of rotatable bonds is 7. The van der Waals surface area contributed by atoms with Gasteiger partial charge in [-0.15, -0.1) is 0 Å². The molecule has 6 heteroatoms. The minimum Gasteiger partial charge on any atom is -0.496 e. The molecule has 1 atom stereocenters. The van der Waals surface area contributed by atoms with Crippen LogP contribution < -0.4 is 14.8 Å². The monoisotopic (exact) mass is 410 g/mol. The van der Waals surface area contributed by atoms with Gasteiger partial charge in [0.15, 0.2) is 0 Å². The smallest absolute Gasteiger partial charge is 0.257 e. The Bertz CT molecular complexity index is 864. The molecule has 0 saturated carbocycles. The van der Waals surface area contributed by atoms with Crippen molar-refractivity contribution in [1.29, 1.82) is 0 Å². The summed E-state index contributed by atoms with van der Waals surface area (Å²) in [6, 6.07) is 14.6. The molecule has 0 aromatic heterocycles. The van der Waals surface area contributed by atoms with Crippen molar-refractivity contribution in [3.63, 3.8) is 0 Å². The number of methoxy groups -OCH3 is 1. The molecule has 1 aliphatic heterocycles. The van der Waals surface area contributed by atoms with Gasteiger partial charge in [-0.05, 0) is 63.1 Å². The Labute approximate surface area is 178 Å². The van der Waals surface area contributed by atoms with Crippen molar-refractivity contribution in [2.45, 2.75) is 32.7 Å². The van der Waals surface area contributed by atoms with E-state index in [-0.39, 0.29) is 23.8 Å². The van der Waals surface area contributed by atoms with Gasteiger partial charge in [0.1, 0.15) is 11.5 Å². The molecule has 0 bridgehead atoms. The highest BCUT2D eigenvalue weighted by Gasteiger charge is 2.26. The van der Waals surface area contributed by atoms with Crippen LogP contribution in [0.1, 0.15) is 47.4 Å². The summed E-state index contributed by atoms with van der Waals surface area (Å²) in [5, 5.41) is 2.87. The van der Waals surface area contributed by atoms with Gasteiger partial charge in [0.2, 0.25) is 0 Å². The van der Waals surface area contributed by atoms with E-state index >= 15 is 0 Å². The van der Waals surface area contributed by atoms with E-state index in [4.69, 9.17) is 9.47 Å². The predicted octanol–water partition coefficient (Wildman–Crippen LogP) is 3.76. The highest BCUT2D eigenvalue weighted by atomic mass is 16.5. The molecule has 1 fully saturated rings. The van der Waals surface area contributed by atoms with Gasteiger partial charge in [-0.1, -0.05) is 12.1 Å². The van der Waals surface area contributed by atoms with Gasteiger partial charge < -0.3 is 19.7 Å². The fourth-order valence-electron chi connectivity index (χ4n) is 3.64. The zero-order chi connectivity index (χ0) is 21.5. The summed E-state index contributed by atoms with van der Waals surface area (Å²) in [6.07, 6.45) is 1.97. The van der Waals surface area contributed by atoms with E-state index < -0.39 is 0 Å². The Morgan fingerprint density at radius 1 is 1.13 bits per heavy atom. The Kier molecular flexibility index (Phi) is 7.33. The summed E-state index contributed by atoms with van der Waals surface area (Å²) in [5.41, 5.74) is 1.21. The van der Waals surface area contributed by atoms with E-state index in [1.165, 1.54) is 0 Å². The molecule has 0 radical (unpaired) electrons. The lowest BCUT2D eigenvalue weighted by Crippen LogP contribution is -2.41. The molecule has 1 unspecified atom stereocenters. The number of carbonyl (C=O) groups excluding carboxylic acids is 2. The molecular formula is C24H30N2O4. The molecule has 1 saturated heterocycles. The first-order valence-corrected chi connectivity index (χ1v) is 10.4. The van der Waals surface area contributed by atoms with Gasteiger partial charge in [0.25, 0.3) is 11.8 Å². The molecule has 160 valence electrons. The molecule has 2 aromatic carbocycles. The van der Waals surface area contributed by atoms with E-state index in [9.17, 15) is 9.59 Å². The van der Waals surface area contributed by atoms with Crippen molar-refractivity contribution >= 4 is 11.8 Å². The fourth-order valence-corrected chi connectivity index (χ4v) is 3.64. The zero-order valence-corrected chi connectivity index (χ0v) is 17.9. The molecule has 1 aliphatic rings. The number of likely N-dealkylation sites (tertiary alicyclic amines) is 1. The van der Waals surface area contributed by atoms with E-state index in [0.29, 0.717) is 30.0 Å². The largest absolute Gasteiger partial charge is 0.496 e. The standard InChI is InChI=1S/C24H30N2O4/c1-17(2)25-23(27)19-10-12-20(13-11-19)30-16-18-7-6-14-26(15-18)24(28)21-8-4-5-9-22(21)29-3/h4-5,8-13,17-18H,6-7,14-16H2,1-3H3,(H,25,27). The first kappa shape index (κ1) is 21.7.